The Balaban J connectivity index is 2.99. The first-order chi connectivity index (χ1) is 6.58. The van der Waals surface area contributed by atoms with E-state index in [1.807, 2.05) is 0 Å². The van der Waals surface area contributed by atoms with Crippen LogP contribution in [0.15, 0.2) is 29.2 Å². The molecule has 0 aromatic heterocycles. The van der Waals surface area contributed by atoms with Gasteiger partial charge in [0.2, 0.25) is 0 Å². The van der Waals surface area contributed by atoms with Crippen molar-refractivity contribution in [1.82, 2.24) is 0 Å². The van der Waals surface area contributed by atoms with Crippen molar-refractivity contribution < 1.29 is 8.42 Å². The Kier molecular flexibility index (Phi) is 4.41. The highest BCUT2D eigenvalue weighted by Crippen LogP contribution is 2.22. The summed E-state index contributed by atoms with van der Waals surface area (Å²) in [6.45, 7) is 0. The third-order valence-electron chi connectivity index (χ3n) is 1.72. The van der Waals surface area contributed by atoms with Gasteiger partial charge in [-0.1, -0.05) is 39.7 Å². The Bertz CT molecular complexity index is 403. The van der Waals surface area contributed by atoms with E-state index >= 15 is 0 Å². The molecule has 0 heterocycles. The second-order valence-corrected chi connectivity index (χ2v) is 6.07. The molecular formula is C9H10BrClO2S. The maximum absolute atomic E-state index is 11.7. The summed E-state index contributed by atoms with van der Waals surface area (Å²) >= 11 is 8.99. The molecule has 0 unspecified atom stereocenters. The van der Waals surface area contributed by atoms with Crippen molar-refractivity contribution in [3.8, 4) is 0 Å². The second kappa shape index (κ2) is 5.14. The molecule has 0 bridgehead atoms. The van der Waals surface area contributed by atoms with Crippen LogP contribution < -0.4 is 0 Å². The van der Waals surface area contributed by atoms with Gasteiger partial charge in [-0.2, -0.15) is 0 Å². The quantitative estimate of drug-likeness (QED) is 0.801. The van der Waals surface area contributed by atoms with Gasteiger partial charge in [0.25, 0.3) is 0 Å². The molecule has 78 valence electrons. The summed E-state index contributed by atoms with van der Waals surface area (Å²) in [5, 5.41) is 0.971. The van der Waals surface area contributed by atoms with Gasteiger partial charge in [0.05, 0.1) is 15.7 Å². The monoisotopic (exact) mass is 296 g/mol. The average Bonchev–Trinajstić information content (AvgIpc) is 2.15. The summed E-state index contributed by atoms with van der Waals surface area (Å²) in [6, 6.07) is 6.51. The first-order valence-corrected chi connectivity index (χ1v) is 7.26. The molecule has 1 aromatic rings. The van der Waals surface area contributed by atoms with Crippen LogP contribution >= 0.6 is 27.5 Å². The highest BCUT2D eigenvalue weighted by atomic mass is 79.9. The van der Waals surface area contributed by atoms with Crippen LogP contribution in [0.2, 0.25) is 5.02 Å². The lowest BCUT2D eigenvalue weighted by Crippen LogP contribution is -2.07. The molecule has 0 amide bonds. The number of hydrogen-bond acceptors (Lipinski definition) is 2. The summed E-state index contributed by atoms with van der Waals surface area (Å²) in [7, 11) is -3.22. The molecule has 0 saturated carbocycles. The van der Waals surface area contributed by atoms with Crippen molar-refractivity contribution in [2.75, 3.05) is 11.1 Å². The third-order valence-corrected chi connectivity index (χ3v) is 4.57. The van der Waals surface area contributed by atoms with Crippen LogP contribution in [0.5, 0.6) is 0 Å². The Morgan fingerprint density at radius 2 is 1.93 bits per heavy atom. The van der Waals surface area contributed by atoms with Crippen molar-refractivity contribution >= 4 is 37.4 Å². The summed E-state index contributed by atoms with van der Waals surface area (Å²) in [5.74, 6) is 0.127. The molecule has 0 aliphatic carbocycles. The molecule has 0 atom stereocenters. The molecule has 0 saturated heterocycles. The molecule has 0 fully saturated rings. The Morgan fingerprint density at radius 1 is 1.29 bits per heavy atom. The molecular weight excluding hydrogens is 288 g/mol. The molecule has 1 rings (SSSR count). The third kappa shape index (κ3) is 2.97. The van der Waals surface area contributed by atoms with E-state index < -0.39 is 9.84 Å². The SMILES string of the molecule is O=S(=O)(CCCBr)c1ccccc1Cl. The summed E-state index contributed by atoms with van der Waals surface area (Å²) in [4.78, 5) is 0.225. The van der Waals surface area contributed by atoms with Crippen LogP contribution in [0, 0.1) is 0 Å². The van der Waals surface area contributed by atoms with Gasteiger partial charge in [-0.25, -0.2) is 8.42 Å². The fourth-order valence-electron chi connectivity index (χ4n) is 1.05. The van der Waals surface area contributed by atoms with Crippen LogP contribution in [-0.4, -0.2) is 19.5 Å². The molecule has 0 N–H and O–H groups in total. The van der Waals surface area contributed by atoms with Gasteiger partial charge in [0, 0.05) is 5.33 Å². The number of benzene rings is 1. The first kappa shape index (κ1) is 12.0. The van der Waals surface area contributed by atoms with E-state index in [2.05, 4.69) is 15.9 Å². The van der Waals surface area contributed by atoms with Gasteiger partial charge in [-0.15, -0.1) is 0 Å². The summed E-state index contributed by atoms with van der Waals surface area (Å²) in [6.07, 6.45) is 0.591. The zero-order valence-corrected chi connectivity index (χ0v) is 10.6. The van der Waals surface area contributed by atoms with E-state index in [0.29, 0.717) is 16.8 Å². The number of alkyl halides is 1. The minimum Gasteiger partial charge on any atom is -0.224 e. The van der Waals surface area contributed by atoms with Crippen LogP contribution in [0.4, 0.5) is 0 Å². The molecule has 1 aromatic carbocycles. The summed E-state index contributed by atoms with van der Waals surface area (Å²) < 4.78 is 23.4. The van der Waals surface area contributed by atoms with E-state index in [9.17, 15) is 8.42 Å². The molecule has 5 heteroatoms. The number of sulfone groups is 1. The Labute approximate surface area is 97.3 Å². The smallest absolute Gasteiger partial charge is 0.179 e. The number of rotatable bonds is 4. The van der Waals surface area contributed by atoms with Gasteiger partial charge in [-0.05, 0) is 18.6 Å². The van der Waals surface area contributed by atoms with Crippen LogP contribution in [0.3, 0.4) is 0 Å². The summed E-state index contributed by atoms with van der Waals surface area (Å²) in [5.41, 5.74) is 0. The van der Waals surface area contributed by atoms with E-state index in [-0.39, 0.29) is 10.6 Å². The van der Waals surface area contributed by atoms with E-state index in [1.54, 1.807) is 18.2 Å². The minimum absolute atomic E-state index is 0.127. The average molecular weight is 298 g/mol. The van der Waals surface area contributed by atoms with Crippen LogP contribution in [-0.2, 0) is 9.84 Å². The Morgan fingerprint density at radius 3 is 2.50 bits per heavy atom. The van der Waals surface area contributed by atoms with Crippen molar-refractivity contribution in [3.63, 3.8) is 0 Å². The number of hydrogen-bond donors (Lipinski definition) is 0. The zero-order chi connectivity index (χ0) is 10.6. The largest absolute Gasteiger partial charge is 0.224 e. The Hall–Kier alpha value is -0.0600. The lowest BCUT2D eigenvalue weighted by Gasteiger charge is -2.04. The highest BCUT2D eigenvalue weighted by Gasteiger charge is 2.16. The van der Waals surface area contributed by atoms with Gasteiger partial charge >= 0.3 is 0 Å². The molecule has 0 aliphatic rings. The predicted octanol–water partition coefficient (Wildman–Crippen LogP) is 2.90. The normalized spacial score (nSPS) is 11.6. The zero-order valence-electron chi connectivity index (χ0n) is 7.41. The fourth-order valence-corrected chi connectivity index (χ4v) is 3.59. The molecule has 0 radical (unpaired) electrons. The van der Waals surface area contributed by atoms with E-state index in [1.165, 1.54) is 6.07 Å². The molecule has 0 spiro atoms. The van der Waals surface area contributed by atoms with Crippen molar-refractivity contribution in [2.45, 2.75) is 11.3 Å². The lowest BCUT2D eigenvalue weighted by molar-refractivity contribution is 0.595. The maximum Gasteiger partial charge on any atom is 0.179 e. The predicted molar refractivity (Wildman–Crippen MR) is 61.9 cm³/mol. The lowest BCUT2D eigenvalue weighted by atomic mass is 10.4. The molecule has 2 nitrogen and oxygen atoms in total. The highest BCUT2D eigenvalue weighted by molar-refractivity contribution is 9.09. The van der Waals surface area contributed by atoms with Crippen LogP contribution in [0.25, 0.3) is 0 Å². The molecule has 14 heavy (non-hydrogen) atoms. The standard InChI is InChI=1S/C9H10BrClO2S/c10-6-3-7-14(12,13)9-5-2-1-4-8(9)11/h1-2,4-5H,3,6-7H2. The molecule has 0 aliphatic heterocycles. The van der Waals surface area contributed by atoms with Gasteiger partial charge in [0.1, 0.15) is 0 Å². The maximum atomic E-state index is 11.7. The van der Waals surface area contributed by atoms with Gasteiger partial charge < -0.3 is 0 Å². The van der Waals surface area contributed by atoms with Crippen LogP contribution in [0.1, 0.15) is 6.42 Å². The first-order valence-electron chi connectivity index (χ1n) is 4.11. The minimum atomic E-state index is -3.22. The van der Waals surface area contributed by atoms with Crippen molar-refractivity contribution in [2.24, 2.45) is 0 Å². The number of halogens is 2. The van der Waals surface area contributed by atoms with E-state index in [4.69, 9.17) is 11.6 Å². The van der Waals surface area contributed by atoms with Crippen molar-refractivity contribution in [3.05, 3.63) is 29.3 Å². The van der Waals surface area contributed by atoms with Gasteiger partial charge in [-0.3, -0.25) is 0 Å². The van der Waals surface area contributed by atoms with Crippen molar-refractivity contribution in [1.29, 1.82) is 0 Å². The second-order valence-electron chi connectivity index (χ2n) is 2.79. The topological polar surface area (TPSA) is 34.1 Å². The van der Waals surface area contributed by atoms with Gasteiger partial charge in [0.15, 0.2) is 9.84 Å². The fraction of sp³-hybridized carbons (Fsp3) is 0.333. The van der Waals surface area contributed by atoms with E-state index in [0.717, 1.165) is 0 Å².